The molecule has 1 heterocycles. The van der Waals surface area contributed by atoms with Gasteiger partial charge in [-0.05, 0) is 48.0 Å². The first-order valence-electron chi connectivity index (χ1n) is 9.87. The average Bonchev–Trinajstić information content (AvgIpc) is 2.79. The lowest BCUT2D eigenvalue weighted by Crippen LogP contribution is -2.45. The summed E-state index contributed by atoms with van der Waals surface area (Å²) in [7, 11) is -4.01. The smallest absolute Gasteiger partial charge is 0.243 e. The third-order valence-corrected chi connectivity index (χ3v) is 7.52. The van der Waals surface area contributed by atoms with Crippen LogP contribution >= 0.6 is 23.2 Å². The SMILES string of the molecule is O=C(CN(Cc1ccccc1Cl)S(=O)(=O)c1ccc(Cl)cc1)N1CCOc2ccccc21. The normalized spacial score (nSPS) is 13.5. The fourth-order valence-corrected chi connectivity index (χ4v) is 5.15. The number of nitrogens with zero attached hydrogens (tertiary/aromatic N) is 2. The van der Waals surface area contributed by atoms with Crippen molar-refractivity contribution in [2.45, 2.75) is 11.4 Å². The lowest BCUT2D eigenvalue weighted by atomic mass is 10.2. The van der Waals surface area contributed by atoms with Crippen molar-refractivity contribution in [2.24, 2.45) is 0 Å². The first-order chi connectivity index (χ1) is 15.4. The van der Waals surface area contributed by atoms with Crippen molar-refractivity contribution in [3.63, 3.8) is 0 Å². The second kappa shape index (κ2) is 9.50. The van der Waals surface area contributed by atoms with E-state index in [1.54, 1.807) is 47.4 Å². The zero-order valence-electron chi connectivity index (χ0n) is 16.9. The van der Waals surface area contributed by atoms with E-state index in [0.717, 1.165) is 4.31 Å². The van der Waals surface area contributed by atoms with Crippen molar-refractivity contribution >= 4 is 44.8 Å². The van der Waals surface area contributed by atoms with Crippen molar-refractivity contribution in [1.82, 2.24) is 4.31 Å². The fourth-order valence-electron chi connectivity index (χ4n) is 3.46. The van der Waals surface area contributed by atoms with Gasteiger partial charge in [0.25, 0.3) is 0 Å². The molecule has 0 unspecified atom stereocenters. The molecular formula is C23H20Cl2N2O4S. The lowest BCUT2D eigenvalue weighted by Gasteiger charge is -2.31. The number of amides is 1. The van der Waals surface area contributed by atoms with Crippen LogP contribution < -0.4 is 9.64 Å². The molecule has 0 saturated carbocycles. The van der Waals surface area contributed by atoms with E-state index in [1.807, 2.05) is 6.07 Å². The summed E-state index contributed by atoms with van der Waals surface area (Å²) in [5.74, 6) is 0.232. The summed E-state index contributed by atoms with van der Waals surface area (Å²) in [6.45, 7) is 0.251. The molecule has 0 aromatic heterocycles. The molecule has 1 aliphatic rings. The number of fused-ring (bicyclic) bond motifs is 1. The third-order valence-electron chi connectivity index (χ3n) is 5.10. The predicted octanol–water partition coefficient (Wildman–Crippen LogP) is 4.61. The standard InChI is InChI=1S/C23H20Cl2N2O4S/c24-18-9-11-19(12-10-18)32(29,30)26(15-17-5-1-2-6-20(17)25)16-23(28)27-13-14-31-22-8-4-3-7-21(22)27/h1-12H,13-16H2. The first kappa shape index (κ1) is 22.6. The quantitative estimate of drug-likeness (QED) is 0.505. The number of benzene rings is 3. The highest BCUT2D eigenvalue weighted by atomic mass is 35.5. The number of halogens is 2. The number of sulfonamides is 1. The van der Waals surface area contributed by atoms with E-state index < -0.39 is 10.0 Å². The number of hydrogen-bond acceptors (Lipinski definition) is 4. The summed E-state index contributed by atoms with van der Waals surface area (Å²) < 4.78 is 33.7. The highest BCUT2D eigenvalue weighted by Crippen LogP contribution is 2.31. The van der Waals surface area contributed by atoms with Crippen molar-refractivity contribution < 1.29 is 17.9 Å². The zero-order valence-corrected chi connectivity index (χ0v) is 19.3. The zero-order chi connectivity index (χ0) is 22.7. The predicted molar refractivity (Wildman–Crippen MR) is 125 cm³/mol. The molecule has 0 atom stereocenters. The molecule has 0 bridgehead atoms. The van der Waals surface area contributed by atoms with Gasteiger partial charge in [0.2, 0.25) is 15.9 Å². The Hall–Kier alpha value is -2.58. The topological polar surface area (TPSA) is 66.9 Å². The minimum absolute atomic E-state index is 0.0455. The van der Waals surface area contributed by atoms with Crippen molar-refractivity contribution in [3.05, 3.63) is 88.4 Å². The Morgan fingerprint density at radius 1 is 0.969 bits per heavy atom. The van der Waals surface area contributed by atoms with Gasteiger partial charge in [0.1, 0.15) is 12.4 Å². The molecule has 0 radical (unpaired) electrons. The number of para-hydroxylation sites is 2. The van der Waals surface area contributed by atoms with Gasteiger partial charge in [0.15, 0.2) is 0 Å². The van der Waals surface area contributed by atoms with Crippen LogP contribution in [0.2, 0.25) is 10.0 Å². The van der Waals surface area contributed by atoms with Gasteiger partial charge < -0.3 is 9.64 Å². The highest BCUT2D eigenvalue weighted by Gasteiger charge is 2.31. The fraction of sp³-hybridized carbons (Fsp3) is 0.174. The Bertz CT molecular complexity index is 1230. The van der Waals surface area contributed by atoms with E-state index in [1.165, 1.54) is 24.3 Å². The van der Waals surface area contributed by atoms with Gasteiger partial charge in [-0.25, -0.2) is 8.42 Å². The number of hydrogen-bond donors (Lipinski definition) is 0. The monoisotopic (exact) mass is 490 g/mol. The van der Waals surface area contributed by atoms with Crippen LogP contribution in [0.25, 0.3) is 0 Å². The Balaban J connectivity index is 1.67. The summed E-state index contributed by atoms with van der Waals surface area (Å²) in [6.07, 6.45) is 0. The summed E-state index contributed by atoms with van der Waals surface area (Å²) in [6, 6.07) is 20.0. The van der Waals surface area contributed by atoms with Gasteiger partial charge in [-0.2, -0.15) is 4.31 Å². The van der Waals surface area contributed by atoms with Crippen LogP contribution in [-0.4, -0.2) is 38.3 Å². The summed E-state index contributed by atoms with van der Waals surface area (Å²) in [4.78, 5) is 14.9. The minimum atomic E-state index is -4.01. The van der Waals surface area contributed by atoms with Crippen LogP contribution in [0.1, 0.15) is 5.56 Å². The molecule has 4 rings (SSSR count). The van der Waals surface area contributed by atoms with Crippen molar-refractivity contribution in [3.8, 4) is 5.75 Å². The number of carbonyl (C=O) groups is 1. The van der Waals surface area contributed by atoms with E-state index in [2.05, 4.69) is 0 Å². The molecule has 166 valence electrons. The van der Waals surface area contributed by atoms with Gasteiger partial charge in [0.05, 0.1) is 23.7 Å². The van der Waals surface area contributed by atoms with Crippen LogP contribution in [0.4, 0.5) is 5.69 Å². The van der Waals surface area contributed by atoms with Crippen LogP contribution in [0.3, 0.4) is 0 Å². The Morgan fingerprint density at radius 3 is 2.41 bits per heavy atom. The Kier molecular flexibility index (Phi) is 6.71. The molecule has 0 aliphatic carbocycles. The molecular weight excluding hydrogens is 471 g/mol. The largest absolute Gasteiger partial charge is 0.490 e. The Morgan fingerprint density at radius 2 is 1.66 bits per heavy atom. The molecule has 32 heavy (non-hydrogen) atoms. The van der Waals surface area contributed by atoms with Gasteiger partial charge in [-0.1, -0.05) is 53.5 Å². The van der Waals surface area contributed by atoms with Crippen molar-refractivity contribution in [1.29, 1.82) is 0 Å². The van der Waals surface area contributed by atoms with Crippen LogP contribution in [0.15, 0.2) is 77.7 Å². The summed E-state index contributed by atoms with van der Waals surface area (Å²) in [5, 5.41) is 0.843. The van der Waals surface area contributed by atoms with Gasteiger partial charge in [0, 0.05) is 16.6 Å². The van der Waals surface area contributed by atoms with Crippen LogP contribution in [0, 0.1) is 0 Å². The van der Waals surface area contributed by atoms with E-state index in [-0.39, 0.29) is 23.9 Å². The minimum Gasteiger partial charge on any atom is -0.490 e. The maximum Gasteiger partial charge on any atom is 0.243 e. The number of rotatable bonds is 6. The third kappa shape index (κ3) is 4.76. The molecule has 1 aliphatic heterocycles. The van der Waals surface area contributed by atoms with E-state index in [9.17, 15) is 13.2 Å². The molecule has 9 heteroatoms. The molecule has 3 aromatic rings. The van der Waals surface area contributed by atoms with Gasteiger partial charge >= 0.3 is 0 Å². The molecule has 0 spiro atoms. The average molecular weight is 491 g/mol. The molecule has 0 N–H and O–H groups in total. The first-order valence-corrected chi connectivity index (χ1v) is 12.1. The van der Waals surface area contributed by atoms with Gasteiger partial charge in [-0.3, -0.25) is 4.79 Å². The highest BCUT2D eigenvalue weighted by molar-refractivity contribution is 7.89. The van der Waals surface area contributed by atoms with E-state index in [0.29, 0.717) is 40.2 Å². The van der Waals surface area contributed by atoms with Crippen LogP contribution in [-0.2, 0) is 21.4 Å². The maximum absolute atomic E-state index is 13.5. The van der Waals surface area contributed by atoms with Gasteiger partial charge in [-0.15, -0.1) is 0 Å². The molecule has 1 amide bonds. The van der Waals surface area contributed by atoms with Crippen LogP contribution in [0.5, 0.6) is 5.75 Å². The lowest BCUT2D eigenvalue weighted by molar-refractivity contribution is -0.119. The molecule has 6 nitrogen and oxygen atoms in total. The maximum atomic E-state index is 13.5. The molecule has 0 fully saturated rings. The summed E-state index contributed by atoms with van der Waals surface area (Å²) >= 11 is 12.2. The second-order valence-corrected chi connectivity index (χ2v) is 9.96. The summed E-state index contributed by atoms with van der Waals surface area (Å²) in [5.41, 5.74) is 1.22. The molecule has 0 saturated heterocycles. The molecule has 3 aromatic carbocycles. The number of carbonyl (C=O) groups excluding carboxylic acids is 1. The van der Waals surface area contributed by atoms with E-state index in [4.69, 9.17) is 27.9 Å². The number of ether oxygens (including phenoxy) is 1. The second-order valence-electron chi connectivity index (χ2n) is 7.18. The Labute approximate surface area is 197 Å². The van der Waals surface area contributed by atoms with E-state index >= 15 is 0 Å². The number of anilines is 1. The van der Waals surface area contributed by atoms with Crippen molar-refractivity contribution in [2.75, 3.05) is 24.6 Å².